The zero-order valence-corrected chi connectivity index (χ0v) is 11.4. The lowest BCUT2D eigenvalue weighted by molar-refractivity contribution is 0.355. The molecule has 0 saturated heterocycles. The van der Waals surface area contributed by atoms with Crippen molar-refractivity contribution < 1.29 is 9.47 Å². The summed E-state index contributed by atoms with van der Waals surface area (Å²) in [6, 6.07) is 13.1. The maximum Gasteiger partial charge on any atom is 0.161 e. The molecule has 0 heterocycles. The van der Waals surface area contributed by atoms with E-state index in [1.54, 1.807) is 14.2 Å². The van der Waals surface area contributed by atoms with Crippen LogP contribution in [0.2, 0.25) is 0 Å². The fraction of sp³-hybridized carbons (Fsp3) is 0.111. The van der Waals surface area contributed by atoms with Crippen LogP contribution in [0.4, 0.5) is 0 Å². The maximum absolute atomic E-state index is 5.31. The Kier molecular flexibility index (Phi) is 4.32. The highest BCUT2D eigenvalue weighted by Gasteiger charge is 2.02. The van der Waals surface area contributed by atoms with Gasteiger partial charge >= 0.3 is 0 Å². The first kappa shape index (κ1) is 13.6. The van der Waals surface area contributed by atoms with Gasteiger partial charge in [-0.2, -0.15) is 0 Å². The van der Waals surface area contributed by atoms with Gasteiger partial charge in [-0.05, 0) is 42.5 Å². The van der Waals surface area contributed by atoms with E-state index in [2.05, 4.69) is 17.8 Å². The molecule has 2 aromatic rings. The fourth-order valence-corrected chi connectivity index (χ4v) is 1.71. The lowest BCUT2D eigenvalue weighted by atomic mass is 10.1. The van der Waals surface area contributed by atoms with Crippen LogP contribution in [0.3, 0.4) is 0 Å². The molecule has 0 amide bonds. The van der Waals surface area contributed by atoms with Gasteiger partial charge in [-0.15, -0.1) is 6.42 Å². The van der Waals surface area contributed by atoms with E-state index < -0.39 is 0 Å². The zero-order valence-electron chi connectivity index (χ0n) is 11.4. The van der Waals surface area contributed by atoms with Gasteiger partial charge in [0.1, 0.15) is 0 Å². The van der Waals surface area contributed by atoms with Crippen molar-refractivity contribution in [3.63, 3.8) is 0 Å². The van der Waals surface area contributed by atoms with Crippen molar-refractivity contribution in [2.24, 2.45) is 0 Å². The van der Waals surface area contributed by atoms with Crippen LogP contribution in [-0.2, 0) is 0 Å². The van der Waals surface area contributed by atoms with Crippen molar-refractivity contribution in [1.29, 1.82) is 0 Å². The molecule has 0 atom stereocenters. The summed E-state index contributed by atoms with van der Waals surface area (Å²) in [5.41, 5.74) is 2.63. The minimum atomic E-state index is 0.668. The van der Waals surface area contributed by atoms with Gasteiger partial charge in [-0.1, -0.05) is 17.8 Å². The van der Waals surface area contributed by atoms with Gasteiger partial charge in [-0.3, -0.25) is 0 Å². The van der Waals surface area contributed by atoms with Crippen molar-refractivity contribution in [3.05, 3.63) is 59.2 Å². The summed E-state index contributed by atoms with van der Waals surface area (Å²) in [5.74, 6) is 10.1. The molecule has 2 aromatic carbocycles. The number of ether oxygens (including phenoxy) is 2. The zero-order chi connectivity index (χ0) is 14.4. The summed E-state index contributed by atoms with van der Waals surface area (Å²) < 4.78 is 10.4. The molecule has 0 bridgehead atoms. The number of hydrogen-bond acceptors (Lipinski definition) is 2. The molecule has 0 spiro atoms. The third-order valence-corrected chi connectivity index (χ3v) is 2.79. The standard InChI is InChI=1S/C18H14O2/c1-4-14-5-7-15(8-6-14)9-10-16-11-12-17(19-2)18(13-16)20-3/h1,5-8,11-13H,2-3H3. The van der Waals surface area contributed by atoms with Gasteiger partial charge in [0.25, 0.3) is 0 Å². The van der Waals surface area contributed by atoms with E-state index in [0.717, 1.165) is 16.7 Å². The molecular formula is C18H14O2. The van der Waals surface area contributed by atoms with Crippen LogP contribution in [0.25, 0.3) is 0 Å². The van der Waals surface area contributed by atoms with Crippen LogP contribution in [-0.4, -0.2) is 14.2 Å². The molecule has 0 aliphatic heterocycles. The van der Waals surface area contributed by atoms with Crippen molar-refractivity contribution in [2.75, 3.05) is 14.2 Å². The predicted molar refractivity (Wildman–Crippen MR) is 79.9 cm³/mol. The van der Waals surface area contributed by atoms with E-state index in [4.69, 9.17) is 15.9 Å². The minimum Gasteiger partial charge on any atom is -0.493 e. The van der Waals surface area contributed by atoms with Gasteiger partial charge in [-0.25, -0.2) is 0 Å². The Morgan fingerprint density at radius 1 is 0.750 bits per heavy atom. The molecule has 0 saturated carbocycles. The molecule has 0 aliphatic rings. The second kappa shape index (κ2) is 6.36. The lowest BCUT2D eigenvalue weighted by Crippen LogP contribution is -1.90. The Morgan fingerprint density at radius 3 is 1.90 bits per heavy atom. The molecule has 20 heavy (non-hydrogen) atoms. The van der Waals surface area contributed by atoms with Gasteiger partial charge < -0.3 is 9.47 Å². The molecule has 0 aliphatic carbocycles. The molecule has 0 unspecified atom stereocenters. The number of hydrogen-bond donors (Lipinski definition) is 0. The summed E-state index contributed by atoms with van der Waals surface area (Å²) in [4.78, 5) is 0. The average molecular weight is 262 g/mol. The minimum absolute atomic E-state index is 0.668. The topological polar surface area (TPSA) is 18.5 Å². The van der Waals surface area contributed by atoms with Crippen molar-refractivity contribution in [2.45, 2.75) is 0 Å². The molecule has 0 N–H and O–H groups in total. The molecule has 2 nitrogen and oxygen atoms in total. The van der Waals surface area contributed by atoms with Gasteiger partial charge in [0.05, 0.1) is 14.2 Å². The molecule has 2 heteroatoms. The second-order valence-corrected chi connectivity index (χ2v) is 4.04. The fourth-order valence-electron chi connectivity index (χ4n) is 1.71. The first-order valence-electron chi connectivity index (χ1n) is 6.07. The van der Waals surface area contributed by atoms with E-state index in [0.29, 0.717) is 11.5 Å². The molecule has 0 fully saturated rings. The largest absolute Gasteiger partial charge is 0.493 e. The van der Waals surface area contributed by atoms with Crippen LogP contribution >= 0.6 is 0 Å². The highest BCUT2D eigenvalue weighted by Crippen LogP contribution is 2.27. The summed E-state index contributed by atoms with van der Waals surface area (Å²) >= 11 is 0. The van der Waals surface area contributed by atoms with Crippen LogP contribution in [0.1, 0.15) is 16.7 Å². The molecule has 2 rings (SSSR count). The Bertz CT molecular complexity index is 695. The van der Waals surface area contributed by atoms with Crippen LogP contribution < -0.4 is 9.47 Å². The van der Waals surface area contributed by atoms with E-state index >= 15 is 0 Å². The van der Waals surface area contributed by atoms with Crippen LogP contribution in [0.5, 0.6) is 11.5 Å². The smallest absolute Gasteiger partial charge is 0.161 e. The SMILES string of the molecule is C#Cc1ccc(C#Cc2ccc(OC)c(OC)c2)cc1. The first-order chi connectivity index (χ1) is 9.76. The molecular weight excluding hydrogens is 248 g/mol. The Morgan fingerprint density at radius 2 is 1.30 bits per heavy atom. The van der Waals surface area contributed by atoms with Crippen LogP contribution in [0, 0.1) is 24.2 Å². The molecule has 98 valence electrons. The Labute approximate surface area is 119 Å². The maximum atomic E-state index is 5.31. The van der Waals surface area contributed by atoms with Crippen molar-refractivity contribution in [1.82, 2.24) is 0 Å². The Balaban J connectivity index is 2.26. The lowest BCUT2D eigenvalue weighted by Gasteiger charge is -2.06. The second-order valence-electron chi connectivity index (χ2n) is 4.04. The molecule has 0 aromatic heterocycles. The van der Waals surface area contributed by atoms with Gasteiger partial charge in [0, 0.05) is 16.7 Å². The number of rotatable bonds is 2. The van der Waals surface area contributed by atoms with Crippen molar-refractivity contribution in [3.8, 4) is 35.7 Å². The van der Waals surface area contributed by atoms with E-state index in [9.17, 15) is 0 Å². The van der Waals surface area contributed by atoms with Crippen molar-refractivity contribution >= 4 is 0 Å². The van der Waals surface area contributed by atoms with E-state index in [1.165, 1.54) is 0 Å². The van der Waals surface area contributed by atoms with Gasteiger partial charge in [0.2, 0.25) is 0 Å². The number of terminal acetylenes is 1. The monoisotopic (exact) mass is 262 g/mol. The number of methoxy groups -OCH3 is 2. The third kappa shape index (κ3) is 3.13. The summed E-state index contributed by atoms with van der Waals surface area (Å²) in [6.45, 7) is 0. The highest BCUT2D eigenvalue weighted by molar-refractivity contribution is 5.51. The predicted octanol–water partition coefficient (Wildman–Crippen LogP) is 3.08. The third-order valence-electron chi connectivity index (χ3n) is 2.79. The quantitative estimate of drug-likeness (QED) is 0.774. The van der Waals surface area contributed by atoms with E-state index in [-0.39, 0.29) is 0 Å². The highest BCUT2D eigenvalue weighted by atomic mass is 16.5. The van der Waals surface area contributed by atoms with Gasteiger partial charge in [0.15, 0.2) is 11.5 Å². The number of benzene rings is 2. The normalized spacial score (nSPS) is 9.05. The Hall–Kier alpha value is -2.84. The first-order valence-corrected chi connectivity index (χ1v) is 6.07. The average Bonchev–Trinajstić information content (AvgIpc) is 2.53. The van der Waals surface area contributed by atoms with E-state index in [1.807, 2.05) is 42.5 Å². The summed E-state index contributed by atoms with van der Waals surface area (Å²) in [7, 11) is 3.21. The summed E-state index contributed by atoms with van der Waals surface area (Å²) in [6.07, 6.45) is 5.31. The van der Waals surface area contributed by atoms with Crippen LogP contribution in [0.15, 0.2) is 42.5 Å². The molecule has 0 radical (unpaired) electrons. The summed E-state index contributed by atoms with van der Waals surface area (Å²) in [5, 5.41) is 0.